The third-order valence-electron chi connectivity index (χ3n) is 3.99. The minimum absolute atomic E-state index is 0.0385. The van der Waals surface area contributed by atoms with Gasteiger partial charge < -0.3 is 9.80 Å². The van der Waals surface area contributed by atoms with Gasteiger partial charge in [0.25, 0.3) is 5.91 Å². The number of hydrogen-bond donors (Lipinski definition) is 0. The van der Waals surface area contributed by atoms with E-state index >= 15 is 0 Å². The highest BCUT2D eigenvalue weighted by Crippen LogP contribution is 2.23. The van der Waals surface area contributed by atoms with E-state index in [1.807, 2.05) is 23.6 Å². The molecule has 7 heteroatoms. The summed E-state index contributed by atoms with van der Waals surface area (Å²) < 4.78 is 0. The summed E-state index contributed by atoms with van der Waals surface area (Å²) in [6, 6.07) is 8.93. The summed E-state index contributed by atoms with van der Waals surface area (Å²) in [4.78, 5) is 29.1. The van der Waals surface area contributed by atoms with Gasteiger partial charge in [-0.05, 0) is 29.1 Å². The fraction of sp³-hybridized carbons (Fsp3) is 0.294. The molecule has 0 radical (unpaired) electrons. The Hall–Kier alpha value is -1.56. The van der Waals surface area contributed by atoms with Crippen LogP contribution in [0.4, 0.5) is 0 Å². The SMILES string of the molecule is O=C(Cc1ccc(Cl)c(Cl)c1)N1CCN(C(=O)c2cccs2)CC1. The first-order valence-electron chi connectivity index (χ1n) is 7.59. The maximum atomic E-state index is 12.4. The molecule has 0 bridgehead atoms. The molecule has 0 spiro atoms. The molecular formula is C17H16Cl2N2O2S. The molecule has 1 aromatic heterocycles. The van der Waals surface area contributed by atoms with Gasteiger partial charge in [-0.25, -0.2) is 0 Å². The Morgan fingerprint density at radius 1 is 1.00 bits per heavy atom. The first-order chi connectivity index (χ1) is 11.5. The van der Waals surface area contributed by atoms with E-state index in [-0.39, 0.29) is 18.2 Å². The molecule has 1 aliphatic heterocycles. The van der Waals surface area contributed by atoms with Crippen molar-refractivity contribution >= 4 is 46.4 Å². The van der Waals surface area contributed by atoms with Crippen molar-refractivity contribution in [3.63, 3.8) is 0 Å². The van der Waals surface area contributed by atoms with Gasteiger partial charge in [0, 0.05) is 26.2 Å². The van der Waals surface area contributed by atoms with Gasteiger partial charge in [0.05, 0.1) is 21.3 Å². The average Bonchev–Trinajstić information content (AvgIpc) is 3.12. The maximum Gasteiger partial charge on any atom is 0.264 e. The second-order valence-corrected chi connectivity index (χ2v) is 7.34. The van der Waals surface area contributed by atoms with E-state index in [9.17, 15) is 9.59 Å². The zero-order valence-electron chi connectivity index (χ0n) is 12.9. The highest BCUT2D eigenvalue weighted by atomic mass is 35.5. The van der Waals surface area contributed by atoms with Crippen molar-refractivity contribution in [2.24, 2.45) is 0 Å². The van der Waals surface area contributed by atoms with E-state index in [4.69, 9.17) is 23.2 Å². The normalized spacial score (nSPS) is 14.8. The van der Waals surface area contributed by atoms with Crippen LogP contribution in [-0.4, -0.2) is 47.8 Å². The predicted octanol–water partition coefficient (Wildman–Crippen LogP) is 3.58. The summed E-state index contributed by atoms with van der Waals surface area (Å²) in [6.07, 6.45) is 0.287. The van der Waals surface area contributed by atoms with Crippen molar-refractivity contribution in [1.82, 2.24) is 9.80 Å². The summed E-state index contributed by atoms with van der Waals surface area (Å²) in [7, 11) is 0. The van der Waals surface area contributed by atoms with Crippen molar-refractivity contribution in [1.29, 1.82) is 0 Å². The van der Waals surface area contributed by atoms with E-state index in [0.29, 0.717) is 36.2 Å². The molecule has 1 aromatic carbocycles. The van der Waals surface area contributed by atoms with Crippen LogP contribution >= 0.6 is 34.5 Å². The van der Waals surface area contributed by atoms with Gasteiger partial charge >= 0.3 is 0 Å². The lowest BCUT2D eigenvalue weighted by molar-refractivity contribution is -0.131. The predicted molar refractivity (Wildman–Crippen MR) is 97.0 cm³/mol. The Bertz CT molecular complexity index is 741. The number of carbonyl (C=O) groups is 2. The fourth-order valence-corrected chi connectivity index (χ4v) is 3.66. The van der Waals surface area contributed by atoms with Gasteiger partial charge in [0.2, 0.25) is 5.91 Å². The first-order valence-corrected chi connectivity index (χ1v) is 9.22. The standard InChI is InChI=1S/C17H16Cl2N2O2S/c18-13-4-3-12(10-14(13)19)11-16(22)20-5-7-21(8-6-20)17(23)15-2-1-9-24-15/h1-4,9-10H,5-8,11H2. The molecule has 1 saturated heterocycles. The van der Waals surface area contributed by atoms with Crippen molar-refractivity contribution in [2.75, 3.05) is 26.2 Å². The van der Waals surface area contributed by atoms with Gasteiger partial charge in [-0.2, -0.15) is 0 Å². The van der Waals surface area contributed by atoms with E-state index in [1.165, 1.54) is 11.3 Å². The summed E-state index contributed by atoms with van der Waals surface area (Å²) in [5.74, 6) is 0.0817. The smallest absolute Gasteiger partial charge is 0.264 e. The number of benzene rings is 1. The van der Waals surface area contributed by atoms with Crippen LogP contribution in [0.25, 0.3) is 0 Å². The molecule has 2 heterocycles. The van der Waals surface area contributed by atoms with E-state index in [2.05, 4.69) is 0 Å². The van der Waals surface area contributed by atoms with Crippen LogP contribution in [0.1, 0.15) is 15.2 Å². The Kier molecular flexibility index (Phi) is 5.43. The molecule has 0 saturated carbocycles. The molecule has 0 N–H and O–H groups in total. The van der Waals surface area contributed by atoms with Crippen LogP contribution in [0.3, 0.4) is 0 Å². The quantitative estimate of drug-likeness (QED) is 0.813. The number of halogens is 2. The highest BCUT2D eigenvalue weighted by molar-refractivity contribution is 7.12. The molecule has 0 unspecified atom stereocenters. The monoisotopic (exact) mass is 382 g/mol. The first kappa shape index (κ1) is 17.3. The maximum absolute atomic E-state index is 12.4. The van der Waals surface area contributed by atoms with E-state index < -0.39 is 0 Å². The van der Waals surface area contributed by atoms with Gasteiger partial charge in [0.1, 0.15) is 0 Å². The molecule has 0 aliphatic carbocycles. The number of piperazine rings is 1. The molecule has 126 valence electrons. The van der Waals surface area contributed by atoms with Crippen molar-refractivity contribution in [2.45, 2.75) is 6.42 Å². The van der Waals surface area contributed by atoms with Crippen molar-refractivity contribution in [3.8, 4) is 0 Å². The number of nitrogens with zero attached hydrogens (tertiary/aromatic N) is 2. The second kappa shape index (κ2) is 7.55. The Labute approximate surface area is 154 Å². The summed E-state index contributed by atoms with van der Waals surface area (Å²) in [5.41, 5.74) is 0.839. The van der Waals surface area contributed by atoms with Gasteiger partial charge in [-0.3, -0.25) is 9.59 Å². The lowest BCUT2D eigenvalue weighted by atomic mass is 10.1. The Morgan fingerprint density at radius 3 is 2.33 bits per heavy atom. The van der Waals surface area contributed by atoms with Crippen LogP contribution in [0.5, 0.6) is 0 Å². The Balaban J connectivity index is 1.55. The fourth-order valence-electron chi connectivity index (χ4n) is 2.65. The number of carbonyl (C=O) groups excluding carboxylic acids is 2. The highest BCUT2D eigenvalue weighted by Gasteiger charge is 2.25. The molecule has 0 atom stereocenters. The lowest BCUT2D eigenvalue weighted by Gasteiger charge is -2.34. The topological polar surface area (TPSA) is 40.6 Å². The zero-order chi connectivity index (χ0) is 17.1. The third kappa shape index (κ3) is 3.91. The number of thiophene rings is 1. The molecule has 24 heavy (non-hydrogen) atoms. The van der Waals surface area contributed by atoms with Gasteiger partial charge in [-0.15, -0.1) is 11.3 Å². The Morgan fingerprint density at radius 2 is 1.71 bits per heavy atom. The van der Waals surface area contributed by atoms with Crippen LogP contribution in [0.15, 0.2) is 35.7 Å². The molecule has 3 rings (SSSR count). The average molecular weight is 383 g/mol. The minimum atomic E-state index is 0.0385. The van der Waals surface area contributed by atoms with E-state index in [0.717, 1.165) is 10.4 Å². The largest absolute Gasteiger partial charge is 0.339 e. The molecule has 2 aromatic rings. The third-order valence-corrected chi connectivity index (χ3v) is 5.59. The number of amides is 2. The van der Waals surface area contributed by atoms with Crippen molar-refractivity contribution < 1.29 is 9.59 Å². The van der Waals surface area contributed by atoms with Gasteiger partial charge in [0.15, 0.2) is 0 Å². The molecular weight excluding hydrogens is 367 g/mol. The van der Waals surface area contributed by atoms with E-state index in [1.54, 1.807) is 21.9 Å². The number of hydrogen-bond acceptors (Lipinski definition) is 3. The van der Waals surface area contributed by atoms with Gasteiger partial charge in [-0.1, -0.05) is 35.3 Å². The summed E-state index contributed by atoms with van der Waals surface area (Å²) >= 11 is 13.3. The second-order valence-electron chi connectivity index (χ2n) is 5.58. The van der Waals surface area contributed by atoms with Crippen LogP contribution < -0.4 is 0 Å². The molecule has 4 nitrogen and oxygen atoms in total. The van der Waals surface area contributed by atoms with Crippen LogP contribution in [0, 0.1) is 0 Å². The zero-order valence-corrected chi connectivity index (χ0v) is 15.2. The molecule has 2 amide bonds. The molecule has 1 aliphatic rings. The minimum Gasteiger partial charge on any atom is -0.339 e. The summed E-state index contributed by atoms with van der Waals surface area (Å²) in [6.45, 7) is 2.22. The van der Waals surface area contributed by atoms with Crippen LogP contribution in [0.2, 0.25) is 10.0 Å². The molecule has 1 fully saturated rings. The van der Waals surface area contributed by atoms with Crippen LogP contribution in [-0.2, 0) is 11.2 Å². The number of rotatable bonds is 3. The lowest BCUT2D eigenvalue weighted by Crippen LogP contribution is -2.50. The summed E-state index contributed by atoms with van der Waals surface area (Å²) in [5, 5.41) is 2.83. The van der Waals surface area contributed by atoms with Crippen molar-refractivity contribution in [3.05, 3.63) is 56.2 Å².